The quantitative estimate of drug-likeness (QED) is 0.458. The van der Waals surface area contributed by atoms with Crippen molar-refractivity contribution in [2.45, 2.75) is 13.8 Å². The van der Waals surface area contributed by atoms with Gasteiger partial charge in [0.05, 0.1) is 24.4 Å². The number of hydrogen-bond acceptors (Lipinski definition) is 5. The van der Waals surface area contributed by atoms with Gasteiger partial charge < -0.3 is 14.8 Å². The molecule has 0 atom stereocenters. The van der Waals surface area contributed by atoms with E-state index < -0.39 is 0 Å². The number of rotatable bonds is 6. The Kier molecular flexibility index (Phi) is 5.77. The summed E-state index contributed by atoms with van der Waals surface area (Å²) in [5.74, 6) is 1.01. The molecule has 158 valence electrons. The van der Waals surface area contributed by atoms with Crippen LogP contribution in [0.4, 0.5) is 5.69 Å². The van der Waals surface area contributed by atoms with Crippen LogP contribution in [0.5, 0.6) is 11.5 Å². The molecule has 0 aliphatic carbocycles. The molecule has 0 bridgehead atoms. The summed E-state index contributed by atoms with van der Waals surface area (Å²) in [7, 11) is 1.56. The maximum Gasteiger partial charge on any atom is 0.255 e. The maximum atomic E-state index is 12.7. The highest BCUT2D eigenvalue weighted by molar-refractivity contribution is 6.32. The molecule has 0 radical (unpaired) electrons. The number of nitrogens with zero attached hydrogens (tertiary/aromatic N) is 3. The van der Waals surface area contributed by atoms with Gasteiger partial charge in [0.1, 0.15) is 22.5 Å². The molecule has 0 aliphatic heterocycles. The van der Waals surface area contributed by atoms with Crippen molar-refractivity contribution in [1.82, 2.24) is 15.0 Å². The lowest BCUT2D eigenvalue weighted by Crippen LogP contribution is -2.13. The summed E-state index contributed by atoms with van der Waals surface area (Å²) in [6, 6.07) is 16.1. The highest BCUT2D eigenvalue weighted by Crippen LogP contribution is 2.27. The minimum Gasteiger partial charge on any atom is -0.495 e. The number of carbonyl (C=O) groups is 1. The van der Waals surface area contributed by atoms with Crippen LogP contribution in [-0.2, 0) is 0 Å². The van der Waals surface area contributed by atoms with Crippen LogP contribution >= 0.6 is 11.6 Å². The molecule has 1 amide bonds. The zero-order chi connectivity index (χ0) is 22.0. The van der Waals surface area contributed by atoms with Gasteiger partial charge in [0.25, 0.3) is 5.91 Å². The molecule has 4 rings (SSSR count). The van der Waals surface area contributed by atoms with Crippen LogP contribution in [0.25, 0.3) is 16.7 Å². The summed E-state index contributed by atoms with van der Waals surface area (Å²) in [6.07, 6.45) is 0. The van der Waals surface area contributed by atoms with Crippen molar-refractivity contribution < 1.29 is 14.3 Å². The van der Waals surface area contributed by atoms with E-state index in [0.29, 0.717) is 51.1 Å². The summed E-state index contributed by atoms with van der Waals surface area (Å²) < 4.78 is 10.7. The number of hydrogen-bond donors (Lipinski definition) is 1. The Morgan fingerprint density at radius 3 is 2.58 bits per heavy atom. The lowest BCUT2D eigenvalue weighted by molar-refractivity contribution is 0.102. The molecule has 0 saturated carbocycles. The number of amides is 1. The molecule has 7 nitrogen and oxygen atoms in total. The van der Waals surface area contributed by atoms with E-state index in [4.69, 9.17) is 21.1 Å². The molecular weight excluding hydrogens is 416 g/mol. The molecule has 1 N–H and O–H groups in total. The van der Waals surface area contributed by atoms with E-state index >= 15 is 0 Å². The van der Waals surface area contributed by atoms with E-state index in [9.17, 15) is 4.79 Å². The Morgan fingerprint density at radius 2 is 1.87 bits per heavy atom. The number of carbonyl (C=O) groups excluding carboxylic acids is 1. The van der Waals surface area contributed by atoms with Crippen molar-refractivity contribution >= 4 is 34.2 Å². The van der Waals surface area contributed by atoms with Crippen molar-refractivity contribution in [3.63, 3.8) is 0 Å². The zero-order valence-corrected chi connectivity index (χ0v) is 18.1. The first-order chi connectivity index (χ1) is 15.0. The van der Waals surface area contributed by atoms with Gasteiger partial charge in [-0.25, -0.2) is 0 Å². The number of fused-ring (bicyclic) bond motifs is 1. The van der Waals surface area contributed by atoms with E-state index in [0.717, 1.165) is 5.56 Å². The summed E-state index contributed by atoms with van der Waals surface area (Å²) in [5.41, 5.74) is 4.12. The minimum absolute atomic E-state index is 0.224. The van der Waals surface area contributed by atoms with Gasteiger partial charge in [0, 0.05) is 11.3 Å². The molecule has 0 fully saturated rings. The van der Waals surface area contributed by atoms with Gasteiger partial charge in [-0.2, -0.15) is 4.80 Å². The Balaban J connectivity index is 1.62. The molecular formula is C23H21ClN4O3. The van der Waals surface area contributed by atoms with Crippen molar-refractivity contribution in [2.24, 2.45) is 0 Å². The van der Waals surface area contributed by atoms with Crippen LogP contribution in [0, 0.1) is 6.92 Å². The Hall–Kier alpha value is -3.58. The molecule has 3 aromatic carbocycles. The normalized spacial score (nSPS) is 10.8. The van der Waals surface area contributed by atoms with E-state index in [1.807, 2.05) is 38.1 Å². The third kappa shape index (κ3) is 4.32. The van der Waals surface area contributed by atoms with Gasteiger partial charge in [-0.3, -0.25) is 4.79 Å². The predicted molar refractivity (Wildman–Crippen MR) is 121 cm³/mol. The average Bonchev–Trinajstić information content (AvgIpc) is 3.17. The second-order valence-corrected chi connectivity index (χ2v) is 7.29. The fraction of sp³-hybridized carbons (Fsp3) is 0.174. The third-order valence-electron chi connectivity index (χ3n) is 4.75. The minimum atomic E-state index is -0.224. The first kappa shape index (κ1) is 20.7. The fourth-order valence-electron chi connectivity index (χ4n) is 3.19. The van der Waals surface area contributed by atoms with E-state index in [1.165, 1.54) is 4.80 Å². The molecule has 0 unspecified atom stereocenters. The molecule has 4 aromatic rings. The number of aryl methyl sites for hydroxylation is 1. The van der Waals surface area contributed by atoms with Gasteiger partial charge >= 0.3 is 0 Å². The first-order valence-corrected chi connectivity index (χ1v) is 10.1. The molecule has 8 heteroatoms. The summed E-state index contributed by atoms with van der Waals surface area (Å²) in [6.45, 7) is 4.35. The highest BCUT2D eigenvalue weighted by Gasteiger charge is 2.13. The van der Waals surface area contributed by atoms with Gasteiger partial charge in [0.2, 0.25) is 0 Å². The number of benzene rings is 3. The van der Waals surface area contributed by atoms with Crippen LogP contribution in [0.2, 0.25) is 5.02 Å². The summed E-state index contributed by atoms with van der Waals surface area (Å²) >= 11 is 6.22. The predicted octanol–water partition coefficient (Wildman–Crippen LogP) is 5.04. The third-order valence-corrected chi connectivity index (χ3v) is 5.04. The SMILES string of the molecule is CCOc1cccc(C(=O)Nc2cc3nn(-c4ccc(OC)c(Cl)c4)nc3cc2C)c1. The molecule has 31 heavy (non-hydrogen) atoms. The first-order valence-electron chi connectivity index (χ1n) is 9.74. The largest absolute Gasteiger partial charge is 0.495 e. The Morgan fingerprint density at radius 1 is 1.10 bits per heavy atom. The van der Waals surface area contributed by atoms with Crippen LogP contribution in [-0.4, -0.2) is 34.6 Å². The van der Waals surface area contributed by atoms with Gasteiger partial charge in [-0.1, -0.05) is 17.7 Å². The Labute approximate surface area is 184 Å². The van der Waals surface area contributed by atoms with Gasteiger partial charge in [0.15, 0.2) is 0 Å². The van der Waals surface area contributed by atoms with Crippen molar-refractivity contribution in [1.29, 1.82) is 0 Å². The fourth-order valence-corrected chi connectivity index (χ4v) is 3.44. The van der Waals surface area contributed by atoms with Crippen LogP contribution < -0.4 is 14.8 Å². The smallest absolute Gasteiger partial charge is 0.255 e. The second kappa shape index (κ2) is 8.65. The van der Waals surface area contributed by atoms with Crippen LogP contribution in [0.3, 0.4) is 0 Å². The van der Waals surface area contributed by atoms with Crippen LogP contribution in [0.15, 0.2) is 54.6 Å². The lowest BCUT2D eigenvalue weighted by atomic mass is 10.1. The molecule has 0 saturated heterocycles. The monoisotopic (exact) mass is 436 g/mol. The number of ether oxygens (including phenoxy) is 2. The van der Waals surface area contributed by atoms with Crippen molar-refractivity contribution in [2.75, 3.05) is 19.0 Å². The average molecular weight is 437 g/mol. The van der Waals surface area contributed by atoms with Gasteiger partial charge in [-0.15, -0.1) is 10.2 Å². The number of anilines is 1. The van der Waals surface area contributed by atoms with Gasteiger partial charge in [-0.05, 0) is 67.9 Å². The van der Waals surface area contributed by atoms with E-state index in [1.54, 1.807) is 37.4 Å². The second-order valence-electron chi connectivity index (χ2n) is 6.88. The van der Waals surface area contributed by atoms with Crippen molar-refractivity contribution in [3.05, 3.63) is 70.7 Å². The standard InChI is InChI=1S/C23H21ClN4O3/c1-4-31-17-7-5-6-15(11-17)23(29)25-19-13-21-20(10-14(19)2)26-28(27-21)16-8-9-22(30-3)18(24)12-16/h5-13H,4H2,1-3H3,(H,25,29). The van der Waals surface area contributed by atoms with Crippen molar-refractivity contribution in [3.8, 4) is 17.2 Å². The van der Waals surface area contributed by atoms with E-state index in [2.05, 4.69) is 15.5 Å². The Bertz CT molecular complexity index is 1270. The molecule has 0 aliphatic rings. The molecule has 1 heterocycles. The number of methoxy groups -OCH3 is 1. The highest BCUT2D eigenvalue weighted by atomic mass is 35.5. The van der Waals surface area contributed by atoms with Crippen LogP contribution in [0.1, 0.15) is 22.8 Å². The van der Waals surface area contributed by atoms with E-state index in [-0.39, 0.29) is 5.91 Å². The number of nitrogens with one attached hydrogen (secondary N) is 1. The summed E-state index contributed by atoms with van der Waals surface area (Å²) in [5, 5.41) is 12.5. The molecule has 0 spiro atoms. The lowest BCUT2D eigenvalue weighted by Gasteiger charge is -2.09. The maximum absolute atomic E-state index is 12.7. The number of aromatic nitrogens is 3. The summed E-state index contributed by atoms with van der Waals surface area (Å²) in [4.78, 5) is 14.3. The topological polar surface area (TPSA) is 78.3 Å². The number of halogens is 1. The molecule has 1 aromatic heterocycles. The zero-order valence-electron chi connectivity index (χ0n) is 17.3.